The van der Waals surface area contributed by atoms with E-state index < -0.39 is 35.5 Å². The van der Waals surface area contributed by atoms with Gasteiger partial charge < -0.3 is 15.7 Å². The van der Waals surface area contributed by atoms with Gasteiger partial charge in [-0.05, 0) is 6.42 Å². The predicted octanol–water partition coefficient (Wildman–Crippen LogP) is 2.87. The maximum atomic E-state index is 13.0. The summed E-state index contributed by atoms with van der Waals surface area (Å²) >= 11 is 0. The van der Waals surface area contributed by atoms with E-state index in [1.165, 1.54) is 0 Å². The average Bonchev–Trinajstić information content (AvgIpc) is 2.35. The molecule has 2 amide bonds. The van der Waals surface area contributed by atoms with E-state index in [1.54, 1.807) is 0 Å². The second-order valence-corrected chi connectivity index (χ2v) is 4.44. The van der Waals surface area contributed by atoms with Crippen molar-refractivity contribution in [1.29, 1.82) is 0 Å². The first-order chi connectivity index (χ1) is 9.83. The Hall–Kier alpha value is -2.25. The number of carboxylic acid groups (broad SMARTS) is 1. The molecule has 0 fully saturated rings. The molecule has 3 N–H and O–H groups in total. The lowest BCUT2D eigenvalue weighted by molar-refractivity contribution is -0.137. The van der Waals surface area contributed by atoms with Crippen molar-refractivity contribution in [2.24, 2.45) is 0 Å². The van der Waals surface area contributed by atoms with Gasteiger partial charge in [0.05, 0.1) is 6.42 Å². The number of carboxylic acids is 1. The minimum absolute atomic E-state index is 0.269. The highest BCUT2D eigenvalue weighted by Gasteiger charge is 2.16. The highest BCUT2D eigenvalue weighted by molar-refractivity contribution is 5.89. The van der Waals surface area contributed by atoms with Crippen LogP contribution in [0.2, 0.25) is 0 Å². The normalized spacial score (nSPS) is 11.8. The van der Waals surface area contributed by atoms with Crippen LogP contribution >= 0.6 is 0 Å². The first kappa shape index (κ1) is 16.8. The number of nitrogens with one attached hydrogen (secondary N) is 2. The quantitative estimate of drug-likeness (QED) is 0.707. The number of carbonyl (C=O) groups excluding carboxylic acids is 1. The fraction of sp³-hybridized carbons (Fsp3) is 0.385. The number of amides is 2. The molecule has 5 nitrogen and oxygen atoms in total. The minimum Gasteiger partial charge on any atom is -0.481 e. The second-order valence-electron chi connectivity index (χ2n) is 4.44. The lowest BCUT2D eigenvalue weighted by Gasteiger charge is -2.16. The Morgan fingerprint density at radius 2 is 1.81 bits per heavy atom. The highest BCUT2D eigenvalue weighted by Crippen LogP contribution is 2.17. The molecule has 0 saturated carbocycles. The van der Waals surface area contributed by atoms with Crippen molar-refractivity contribution in [2.45, 2.75) is 32.2 Å². The average molecular weight is 304 g/mol. The van der Waals surface area contributed by atoms with Crippen LogP contribution < -0.4 is 10.6 Å². The van der Waals surface area contributed by atoms with Gasteiger partial charge in [-0.2, -0.15) is 0 Å². The SMILES string of the molecule is CCCC(CC(=O)O)NC(=O)Nc1cc(F)c(F)c(F)c1. The Kier molecular flexibility index (Phi) is 6.01. The van der Waals surface area contributed by atoms with Crippen molar-refractivity contribution in [3.05, 3.63) is 29.6 Å². The van der Waals surface area contributed by atoms with Crippen LogP contribution in [0.4, 0.5) is 23.7 Å². The molecule has 1 aromatic carbocycles. The molecule has 0 aromatic heterocycles. The highest BCUT2D eigenvalue weighted by atomic mass is 19.2. The molecule has 1 atom stereocenters. The van der Waals surface area contributed by atoms with E-state index in [-0.39, 0.29) is 12.1 Å². The Morgan fingerprint density at radius 1 is 1.24 bits per heavy atom. The first-order valence-corrected chi connectivity index (χ1v) is 6.27. The molecular formula is C13H15F3N2O3. The van der Waals surface area contributed by atoms with Crippen molar-refractivity contribution in [1.82, 2.24) is 5.32 Å². The molecular weight excluding hydrogens is 289 g/mol. The summed E-state index contributed by atoms with van der Waals surface area (Å²) in [4.78, 5) is 22.3. The number of hydrogen-bond donors (Lipinski definition) is 3. The minimum atomic E-state index is -1.63. The lowest BCUT2D eigenvalue weighted by Crippen LogP contribution is -2.39. The first-order valence-electron chi connectivity index (χ1n) is 6.27. The molecule has 0 aliphatic rings. The van der Waals surface area contributed by atoms with E-state index in [9.17, 15) is 22.8 Å². The maximum Gasteiger partial charge on any atom is 0.319 e. The number of carbonyl (C=O) groups is 2. The van der Waals surface area contributed by atoms with Crippen LogP contribution in [0.15, 0.2) is 12.1 Å². The third-order valence-electron chi connectivity index (χ3n) is 2.64. The van der Waals surface area contributed by atoms with Gasteiger partial charge in [-0.3, -0.25) is 4.79 Å². The molecule has 21 heavy (non-hydrogen) atoms. The Morgan fingerprint density at radius 3 is 2.29 bits per heavy atom. The topological polar surface area (TPSA) is 78.4 Å². The maximum absolute atomic E-state index is 13.0. The molecule has 116 valence electrons. The summed E-state index contributed by atoms with van der Waals surface area (Å²) in [5, 5.41) is 13.2. The fourth-order valence-corrected chi connectivity index (χ4v) is 1.76. The molecule has 0 aliphatic carbocycles. The third kappa shape index (κ3) is 5.33. The zero-order valence-electron chi connectivity index (χ0n) is 11.3. The number of aliphatic carboxylic acids is 1. The van der Waals surface area contributed by atoms with Gasteiger partial charge in [0.2, 0.25) is 0 Å². The molecule has 8 heteroatoms. The summed E-state index contributed by atoms with van der Waals surface area (Å²) in [5.74, 6) is -5.56. The van der Waals surface area contributed by atoms with Crippen molar-refractivity contribution in [3.8, 4) is 0 Å². The molecule has 0 bridgehead atoms. The standard InChI is InChI=1S/C13H15F3N2O3/c1-2-3-7(6-11(19)20)17-13(21)18-8-4-9(14)12(16)10(15)5-8/h4-5,7H,2-3,6H2,1H3,(H,19,20)(H2,17,18,21). The number of rotatable bonds is 6. The summed E-state index contributed by atoms with van der Waals surface area (Å²) in [6.07, 6.45) is 0.817. The smallest absolute Gasteiger partial charge is 0.319 e. The molecule has 0 spiro atoms. The van der Waals surface area contributed by atoms with E-state index >= 15 is 0 Å². The van der Waals surface area contributed by atoms with Gasteiger partial charge in [0.25, 0.3) is 0 Å². The van der Waals surface area contributed by atoms with Gasteiger partial charge in [0.15, 0.2) is 17.5 Å². The summed E-state index contributed by atoms with van der Waals surface area (Å²) in [6.45, 7) is 1.82. The van der Waals surface area contributed by atoms with Crippen molar-refractivity contribution in [2.75, 3.05) is 5.32 Å². The largest absolute Gasteiger partial charge is 0.481 e. The summed E-state index contributed by atoms with van der Waals surface area (Å²) in [5.41, 5.74) is -0.269. The van der Waals surface area contributed by atoms with Gasteiger partial charge >= 0.3 is 12.0 Å². The second kappa shape index (κ2) is 7.51. The Bertz CT molecular complexity index is 514. The van der Waals surface area contributed by atoms with Crippen LogP contribution in [0.3, 0.4) is 0 Å². The van der Waals surface area contributed by atoms with E-state index in [0.717, 1.165) is 0 Å². The van der Waals surface area contributed by atoms with Gasteiger partial charge in [0, 0.05) is 23.9 Å². The van der Waals surface area contributed by atoms with Gasteiger partial charge in [0.1, 0.15) is 0 Å². The molecule has 1 aromatic rings. The van der Waals surface area contributed by atoms with E-state index in [0.29, 0.717) is 25.0 Å². The van der Waals surface area contributed by atoms with Crippen molar-refractivity contribution < 1.29 is 27.9 Å². The number of anilines is 1. The summed E-state index contributed by atoms with van der Waals surface area (Å²) in [7, 11) is 0. The van der Waals surface area contributed by atoms with Crippen LogP contribution in [-0.2, 0) is 4.79 Å². The number of urea groups is 1. The fourth-order valence-electron chi connectivity index (χ4n) is 1.76. The Balaban J connectivity index is 2.69. The zero-order chi connectivity index (χ0) is 16.0. The lowest BCUT2D eigenvalue weighted by atomic mass is 10.1. The van der Waals surface area contributed by atoms with E-state index in [4.69, 9.17) is 5.11 Å². The molecule has 0 radical (unpaired) electrons. The Labute approximate surface area is 119 Å². The zero-order valence-corrected chi connectivity index (χ0v) is 11.3. The predicted molar refractivity (Wildman–Crippen MR) is 69.4 cm³/mol. The van der Waals surface area contributed by atoms with Crippen LogP contribution in [0.5, 0.6) is 0 Å². The molecule has 0 saturated heterocycles. The van der Waals surface area contributed by atoms with Crippen LogP contribution in [0, 0.1) is 17.5 Å². The number of hydrogen-bond acceptors (Lipinski definition) is 2. The van der Waals surface area contributed by atoms with Gasteiger partial charge in [-0.25, -0.2) is 18.0 Å². The van der Waals surface area contributed by atoms with Crippen molar-refractivity contribution in [3.63, 3.8) is 0 Å². The van der Waals surface area contributed by atoms with E-state index in [1.807, 2.05) is 6.92 Å². The van der Waals surface area contributed by atoms with Gasteiger partial charge in [-0.1, -0.05) is 13.3 Å². The third-order valence-corrected chi connectivity index (χ3v) is 2.64. The number of halogens is 3. The summed E-state index contributed by atoms with van der Waals surface area (Å²) < 4.78 is 38.7. The van der Waals surface area contributed by atoms with Gasteiger partial charge in [-0.15, -0.1) is 0 Å². The van der Waals surface area contributed by atoms with Crippen LogP contribution in [0.1, 0.15) is 26.2 Å². The molecule has 1 rings (SSSR count). The van der Waals surface area contributed by atoms with Crippen molar-refractivity contribution >= 4 is 17.7 Å². The molecule has 0 heterocycles. The summed E-state index contributed by atoms with van der Waals surface area (Å²) in [6, 6.07) is -0.170. The van der Waals surface area contributed by atoms with Crippen LogP contribution in [-0.4, -0.2) is 23.1 Å². The monoisotopic (exact) mass is 304 g/mol. The number of benzene rings is 1. The van der Waals surface area contributed by atoms with E-state index in [2.05, 4.69) is 10.6 Å². The van der Waals surface area contributed by atoms with Crippen LogP contribution in [0.25, 0.3) is 0 Å². The molecule has 1 unspecified atom stereocenters. The molecule has 0 aliphatic heterocycles.